The number of hydrogen-bond acceptors (Lipinski definition) is 2. The van der Waals surface area contributed by atoms with Crippen molar-refractivity contribution in [3.05, 3.63) is 35.9 Å². The Balaban J connectivity index is 2.07. The maximum atomic E-state index is 12.5. The van der Waals surface area contributed by atoms with Crippen LogP contribution in [0.2, 0.25) is 0 Å². The molecule has 1 N–H and O–H groups in total. The smallest absolute Gasteiger partial charge is 0.246 e. The Morgan fingerprint density at radius 3 is 2.45 bits per heavy atom. The lowest BCUT2D eigenvalue weighted by molar-refractivity contribution is -0.149. The predicted octanol–water partition coefficient (Wildman–Crippen LogP) is 1.60. The first-order valence-corrected chi connectivity index (χ1v) is 7.15. The summed E-state index contributed by atoms with van der Waals surface area (Å²) in [5, 5.41) is 2.81. The molecule has 108 valence electrons. The Labute approximate surface area is 120 Å². The normalized spacial score (nSPS) is 23.1. The SMILES string of the molecule is CC(C)C1NC(=O)C(C)N(CCc2ccccc2)C1=O. The third-order valence-electron chi connectivity index (χ3n) is 3.84. The van der Waals surface area contributed by atoms with Gasteiger partial charge in [0.2, 0.25) is 11.8 Å². The summed E-state index contributed by atoms with van der Waals surface area (Å²) in [6, 6.07) is 9.25. The van der Waals surface area contributed by atoms with Crippen molar-refractivity contribution in [3.8, 4) is 0 Å². The largest absolute Gasteiger partial charge is 0.342 e. The van der Waals surface area contributed by atoms with Gasteiger partial charge in [0, 0.05) is 6.54 Å². The molecule has 0 spiro atoms. The fourth-order valence-corrected chi connectivity index (χ4v) is 2.50. The molecule has 1 heterocycles. The zero-order valence-electron chi connectivity index (χ0n) is 12.3. The number of nitrogens with zero attached hydrogens (tertiary/aromatic N) is 1. The van der Waals surface area contributed by atoms with Crippen LogP contribution in [-0.2, 0) is 16.0 Å². The van der Waals surface area contributed by atoms with Crippen molar-refractivity contribution in [2.45, 2.75) is 39.3 Å². The summed E-state index contributed by atoms with van der Waals surface area (Å²) in [5.41, 5.74) is 1.18. The molecule has 1 aliphatic heterocycles. The number of nitrogens with one attached hydrogen (secondary N) is 1. The van der Waals surface area contributed by atoms with Gasteiger partial charge < -0.3 is 10.2 Å². The minimum atomic E-state index is -0.394. The van der Waals surface area contributed by atoms with E-state index >= 15 is 0 Å². The van der Waals surface area contributed by atoms with Crippen molar-refractivity contribution in [3.63, 3.8) is 0 Å². The molecule has 1 saturated heterocycles. The average Bonchev–Trinajstić information content (AvgIpc) is 2.43. The van der Waals surface area contributed by atoms with Gasteiger partial charge in [0.05, 0.1) is 0 Å². The molecule has 4 heteroatoms. The zero-order chi connectivity index (χ0) is 14.7. The Morgan fingerprint density at radius 2 is 1.85 bits per heavy atom. The lowest BCUT2D eigenvalue weighted by Gasteiger charge is -2.38. The van der Waals surface area contributed by atoms with Gasteiger partial charge in [-0.2, -0.15) is 0 Å². The Bertz CT molecular complexity index is 485. The van der Waals surface area contributed by atoms with E-state index in [1.807, 2.05) is 44.2 Å². The van der Waals surface area contributed by atoms with Gasteiger partial charge >= 0.3 is 0 Å². The second kappa shape index (κ2) is 6.07. The van der Waals surface area contributed by atoms with E-state index in [0.717, 1.165) is 6.42 Å². The first kappa shape index (κ1) is 14.6. The van der Waals surface area contributed by atoms with Crippen LogP contribution in [0.3, 0.4) is 0 Å². The number of piperazine rings is 1. The van der Waals surface area contributed by atoms with Crippen LogP contribution in [-0.4, -0.2) is 35.3 Å². The monoisotopic (exact) mass is 274 g/mol. The van der Waals surface area contributed by atoms with Gasteiger partial charge in [-0.05, 0) is 24.8 Å². The Morgan fingerprint density at radius 1 is 1.20 bits per heavy atom. The van der Waals surface area contributed by atoms with Crippen molar-refractivity contribution in [2.75, 3.05) is 6.54 Å². The first-order chi connectivity index (χ1) is 9.50. The van der Waals surface area contributed by atoms with Crippen LogP contribution in [0.1, 0.15) is 26.3 Å². The molecule has 0 aliphatic carbocycles. The third kappa shape index (κ3) is 3.00. The highest BCUT2D eigenvalue weighted by Gasteiger charge is 2.38. The standard InChI is InChI=1S/C16H22N2O2/c1-11(2)14-16(20)18(12(3)15(19)17-14)10-9-13-7-5-4-6-8-13/h4-8,11-12,14H,9-10H2,1-3H3,(H,17,19). The fourth-order valence-electron chi connectivity index (χ4n) is 2.50. The van der Waals surface area contributed by atoms with Gasteiger partial charge in [-0.1, -0.05) is 44.2 Å². The minimum Gasteiger partial charge on any atom is -0.342 e. The molecule has 0 aromatic heterocycles. The van der Waals surface area contributed by atoms with Gasteiger partial charge in [0.15, 0.2) is 0 Å². The number of amides is 2. The summed E-state index contributed by atoms with van der Waals surface area (Å²) in [4.78, 5) is 26.1. The second-order valence-electron chi connectivity index (χ2n) is 5.67. The van der Waals surface area contributed by atoms with Crippen LogP contribution in [0.15, 0.2) is 30.3 Å². The highest BCUT2D eigenvalue weighted by atomic mass is 16.2. The lowest BCUT2D eigenvalue weighted by atomic mass is 9.98. The van der Waals surface area contributed by atoms with Crippen LogP contribution in [0.5, 0.6) is 0 Å². The van der Waals surface area contributed by atoms with E-state index in [1.54, 1.807) is 11.8 Å². The molecule has 4 nitrogen and oxygen atoms in total. The minimum absolute atomic E-state index is 0.0306. The first-order valence-electron chi connectivity index (χ1n) is 7.15. The van der Waals surface area contributed by atoms with Crippen molar-refractivity contribution >= 4 is 11.8 Å². The van der Waals surface area contributed by atoms with E-state index in [-0.39, 0.29) is 23.8 Å². The number of benzene rings is 1. The van der Waals surface area contributed by atoms with E-state index in [4.69, 9.17) is 0 Å². The molecule has 1 aromatic rings. The van der Waals surface area contributed by atoms with E-state index in [1.165, 1.54) is 5.56 Å². The molecular formula is C16H22N2O2. The molecule has 0 radical (unpaired) electrons. The van der Waals surface area contributed by atoms with Crippen molar-refractivity contribution in [1.82, 2.24) is 10.2 Å². The number of rotatable bonds is 4. The highest BCUT2D eigenvalue weighted by molar-refractivity contribution is 5.96. The van der Waals surface area contributed by atoms with E-state index in [9.17, 15) is 9.59 Å². The number of carbonyl (C=O) groups excluding carboxylic acids is 2. The van der Waals surface area contributed by atoms with E-state index in [0.29, 0.717) is 6.54 Å². The van der Waals surface area contributed by atoms with E-state index in [2.05, 4.69) is 5.32 Å². The molecule has 1 fully saturated rings. The maximum absolute atomic E-state index is 12.5. The Kier molecular flexibility index (Phi) is 4.42. The summed E-state index contributed by atoms with van der Waals surface area (Å²) >= 11 is 0. The summed E-state index contributed by atoms with van der Waals surface area (Å²) in [6.07, 6.45) is 0.773. The van der Waals surface area contributed by atoms with Crippen molar-refractivity contribution < 1.29 is 9.59 Å². The summed E-state index contributed by atoms with van der Waals surface area (Å²) in [5.74, 6) is 0.0811. The van der Waals surface area contributed by atoms with Gasteiger partial charge in [-0.15, -0.1) is 0 Å². The molecule has 2 unspecified atom stereocenters. The van der Waals surface area contributed by atoms with Gasteiger partial charge in [-0.25, -0.2) is 0 Å². The van der Waals surface area contributed by atoms with Crippen LogP contribution >= 0.6 is 0 Å². The van der Waals surface area contributed by atoms with Crippen LogP contribution in [0.4, 0.5) is 0 Å². The fraction of sp³-hybridized carbons (Fsp3) is 0.500. The summed E-state index contributed by atoms with van der Waals surface area (Å²) < 4.78 is 0. The number of hydrogen-bond donors (Lipinski definition) is 1. The van der Waals surface area contributed by atoms with Gasteiger partial charge in [0.25, 0.3) is 0 Å². The molecule has 0 bridgehead atoms. The molecule has 1 aromatic carbocycles. The van der Waals surface area contributed by atoms with Crippen molar-refractivity contribution in [1.29, 1.82) is 0 Å². The highest BCUT2D eigenvalue weighted by Crippen LogP contribution is 2.16. The van der Waals surface area contributed by atoms with Gasteiger partial charge in [0.1, 0.15) is 12.1 Å². The van der Waals surface area contributed by atoms with Gasteiger partial charge in [-0.3, -0.25) is 9.59 Å². The van der Waals surface area contributed by atoms with Crippen molar-refractivity contribution in [2.24, 2.45) is 5.92 Å². The molecule has 20 heavy (non-hydrogen) atoms. The molecule has 2 atom stereocenters. The maximum Gasteiger partial charge on any atom is 0.246 e. The van der Waals surface area contributed by atoms with E-state index < -0.39 is 6.04 Å². The van der Waals surface area contributed by atoms with Crippen LogP contribution in [0, 0.1) is 5.92 Å². The topological polar surface area (TPSA) is 49.4 Å². The molecule has 2 amide bonds. The quantitative estimate of drug-likeness (QED) is 0.906. The zero-order valence-corrected chi connectivity index (χ0v) is 12.3. The third-order valence-corrected chi connectivity index (χ3v) is 3.84. The van der Waals surface area contributed by atoms with Crippen LogP contribution in [0.25, 0.3) is 0 Å². The number of carbonyl (C=O) groups is 2. The second-order valence-corrected chi connectivity index (χ2v) is 5.67. The molecule has 2 rings (SSSR count). The molecule has 1 aliphatic rings. The average molecular weight is 274 g/mol. The van der Waals surface area contributed by atoms with Crippen LogP contribution < -0.4 is 5.32 Å². The summed E-state index contributed by atoms with van der Waals surface area (Å²) in [6.45, 7) is 6.28. The lowest BCUT2D eigenvalue weighted by Crippen LogP contribution is -2.64. The predicted molar refractivity (Wildman–Crippen MR) is 78.1 cm³/mol. The molecule has 0 saturated carbocycles. The Hall–Kier alpha value is -1.84. The molecular weight excluding hydrogens is 252 g/mol. The summed E-state index contributed by atoms with van der Waals surface area (Å²) in [7, 11) is 0.